The van der Waals surface area contributed by atoms with Crippen LogP contribution in [0.1, 0.15) is 17.3 Å². The molecule has 1 aromatic carbocycles. The van der Waals surface area contributed by atoms with Crippen molar-refractivity contribution in [2.75, 3.05) is 0 Å². The highest BCUT2D eigenvalue weighted by atomic mass is 19.2. The van der Waals surface area contributed by atoms with Crippen LogP contribution in [0.5, 0.6) is 0 Å². The Morgan fingerprint density at radius 2 is 1.94 bits per heavy atom. The van der Waals surface area contributed by atoms with E-state index in [-0.39, 0.29) is 11.0 Å². The third kappa shape index (κ3) is 1.86. The highest BCUT2D eigenvalue weighted by molar-refractivity contribution is 6.64. The van der Waals surface area contributed by atoms with Gasteiger partial charge in [-0.2, -0.15) is 0 Å². The number of carbonyl (C=O) groups is 1. The van der Waals surface area contributed by atoms with Crippen molar-refractivity contribution in [3.05, 3.63) is 40.2 Å². The standard InChI is InChI=1S/C11H7BF2O3/c1-6(15)9-10(12(13)14)7-4-2-3-5-8(7)17-11(9)16/h2-5H,1H3. The SMILES string of the molecule is CC(=O)c1c(B(F)F)c2ccccc2oc1=O. The molecule has 1 heterocycles. The second-order valence-electron chi connectivity index (χ2n) is 3.53. The average molecular weight is 236 g/mol. The van der Waals surface area contributed by atoms with Crippen molar-refractivity contribution in [3.63, 3.8) is 0 Å². The molecule has 0 N–H and O–H groups in total. The molecule has 2 rings (SSSR count). The summed E-state index contributed by atoms with van der Waals surface area (Å²) in [6, 6.07) is 5.91. The molecule has 0 aliphatic rings. The van der Waals surface area contributed by atoms with Crippen LogP contribution in [-0.2, 0) is 0 Å². The molecule has 6 heteroatoms. The molecule has 0 unspecified atom stereocenters. The van der Waals surface area contributed by atoms with E-state index in [1.54, 1.807) is 6.07 Å². The van der Waals surface area contributed by atoms with Crippen molar-refractivity contribution in [2.24, 2.45) is 0 Å². The lowest BCUT2D eigenvalue weighted by Crippen LogP contribution is -2.34. The van der Waals surface area contributed by atoms with Crippen LogP contribution < -0.4 is 11.1 Å². The first-order chi connectivity index (χ1) is 8.02. The van der Waals surface area contributed by atoms with Gasteiger partial charge < -0.3 is 4.42 Å². The normalized spacial score (nSPS) is 10.5. The van der Waals surface area contributed by atoms with Gasteiger partial charge >= 0.3 is 12.9 Å². The summed E-state index contributed by atoms with van der Waals surface area (Å²) in [5.41, 5.74) is -2.09. The molecule has 0 aliphatic heterocycles. The summed E-state index contributed by atoms with van der Waals surface area (Å²) in [6.07, 6.45) is 0. The summed E-state index contributed by atoms with van der Waals surface area (Å²) < 4.78 is 30.8. The maximum absolute atomic E-state index is 13.0. The van der Waals surface area contributed by atoms with Crippen molar-refractivity contribution >= 4 is 29.5 Å². The van der Waals surface area contributed by atoms with E-state index >= 15 is 0 Å². The van der Waals surface area contributed by atoms with Gasteiger partial charge in [0.2, 0.25) is 0 Å². The first kappa shape index (κ1) is 11.5. The number of halogens is 2. The predicted molar refractivity (Wildman–Crippen MR) is 60.1 cm³/mol. The Morgan fingerprint density at radius 1 is 1.29 bits per heavy atom. The van der Waals surface area contributed by atoms with Crippen molar-refractivity contribution in [1.29, 1.82) is 0 Å². The van der Waals surface area contributed by atoms with Crippen LogP contribution in [0.4, 0.5) is 8.63 Å². The van der Waals surface area contributed by atoms with Gasteiger partial charge in [-0.1, -0.05) is 18.2 Å². The second-order valence-corrected chi connectivity index (χ2v) is 3.53. The third-order valence-corrected chi connectivity index (χ3v) is 2.42. The Balaban J connectivity index is 2.99. The number of rotatable bonds is 2. The zero-order valence-electron chi connectivity index (χ0n) is 8.87. The van der Waals surface area contributed by atoms with Crippen LogP contribution in [0.25, 0.3) is 11.0 Å². The van der Waals surface area contributed by atoms with Gasteiger partial charge in [0.1, 0.15) is 11.1 Å². The maximum Gasteiger partial charge on any atom is 0.573 e. The number of hydrogen-bond acceptors (Lipinski definition) is 3. The summed E-state index contributed by atoms with van der Waals surface area (Å²) in [5.74, 6) is -0.722. The van der Waals surface area contributed by atoms with E-state index < -0.39 is 29.7 Å². The van der Waals surface area contributed by atoms with Gasteiger partial charge in [0.25, 0.3) is 0 Å². The predicted octanol–water partition coefficient (Wildman–Crippen LogP) is 1.63. The third-order valence-electron chi connectivity index (χ3n) is 2.42. The molecule has 1 aromatic heterocycles. The summed E-state index contributed by atoms with van der Waals surface area (Å²) in [6.45, 7) is 1.06. The van der Waals surface area contributed by atoms with Gasteiger partial charge in [-0.3, -0.25) is 13.4 Å². The first-order valence-corrected chi connectivity index (χ1v) is 4.87. The van der Waals surface area contributed by atoms with Crippen LogP contribution in [0.15, 0.2) is 33.5 Å². The van der Waals surface area contributed by atoms with Crippen LogP contribution in [0, 0.1) is 0 Å². The van der Waals surface area contributed by atoms with Crippen LogP contribution in [-0.4, -0.2) is 13.1 Å². The molecule has 0 amide bonds. The minimum atomic E-state index is -2.90. The number of carbonyl (C=O) groups excluding carboxylic acids is 1. The van der Waals surface area contributed by atoms with E-state index in [9.17, 15) is 18.2 Å². The van der Waals surface area contributed by atoms with E-state index in [2.05, 4.69) is 0 Å². The average Bonchev–Trinajstić information content (AvgIpc) is 2.26. The van der Waals surface area contributed by atoms with Crippen molar-refractivity contribution < 1.29 is 17.8 Å². The molecule has 0 atom stereocenters. The quantitative estimate of drug-likeness (QED) is 0.452. The second kappa shape index (κ2) is 4.12. The molecule has 0 fully saturated rings. The summed E-state index contributed by atoms with van der Waals surface area (Å²) in [4.78, 5) is 22.7. The number of ketones is 1. The lowest BCUT2D eigenvalue weighted by molar-refractivity contribution is 0.101. The first-order valence-electron chi connectivity index (χ1n) is 4.87. The topological polar surface area (TPSA) is 47.3 Å². The highest BCUT2D eigenvalue weighted by Crippen LogP contribution is 2.13. The molecule has 0 spiro atoms. The fourth-order valence-corrected chi connectivity index (χ4v) is 1.73. The van der Waals surface area contributed by atoms with Crippen molar-refractivity contribution in [3.8, 4) is 0 Å². The summed E-state index contributed by atoms with van der Waals surface area (Å²) in [7, 11) is -2.90. The lowest BCUT2D eigenvalue weighted by Gasteiger charge is -2.06. The Kier molecular flexibility index (Phi) is 2.79. The lowest BCUT2D eigenvalue weighted by atomic mass is 9.79. The van der Waals surface area contributed by atoms with Crippen LogP contribution in [0.3, 0.4) is 0 Å². The number of fused-ring (bicyclic) bond motifs is 1. The molecule has 17 heavy (non-hydrogen) atoms. The molecule has 0 radical (unpaired) electrons. The molecule has 0 aliphatic carbocycles. The number of Topliss-reactive ketones (excluding diaryl/α,β-unsaturated/α-hetero) is 1. The molecule has 0 bridgehead atoms. The van der Waals surface area contributed by atoms with Gasteiger partial charge in [0.05, 0.1) is 0 Å². The van der Waals surface area contributed by atoms with E-state index in [0.717, 1.165) is 6.92 Å². The molecule has 0 saturated carbocycles. The minimum absolute atomic E-state index is 0.0535. The zero-order valence-corrected chi connectivity index (χ0v) is 8.87. The Hall–Kier alpha value is -1.98. The van der Waals surface area contributed by atoms with Gasteiger partial charge in [-0.05, 0) is 13.0 Å². The largest absolute Gasteiger partial charge is 0.573 e. The smallest absolute Gasteiger partial charge is 0.422 e. The van der Waals surface area contributed by atoms with E-state index in [1.807, 2.05) is 0 Å². The van der Waals surface area contributed by atoms with E-state index in [1.165, 1.54) is 18.2 Å². The maximum atomic E-state index is 13.0. The van der Waals surface area contributed by atoms with Gasteiger partial charge in [0.15, 0.2) is 5.78 Å². The van der Waals surface area contributed by atoms with Gasteiger partial charge in [-0.25, -0.2) is 4.79 Å². The van der Waals surface area contributed by atoms with E-state index in [0.29, 0.717) is 0 Å². The van der Waals surface area contributed by atoms with Crippen molar-refractivity contribution in [1.82, 2.24) is 0 Å². The number of hydrogen-bond donors (Lipinski definition) is 0. The number of benzene rings is 1. The van der Waals surface area contributed by atoms with E-state index in [4.69, 9.17) is 4.42 Å². The van der Waals surface area contributed by atoms with Crippen molar-refractivity contribution in [2.45, 2.75) is 6.92 Å². The molecular formula is C11H7BF2O3. The Morgan fingerprint density at radius 3 is 2.53 bits per heavy atom. The highest BCUT2D eigenvalue weighted by Gasteiger charge is 2.28. The van der Waals surface area contributed by atoms with Crippen LogP contribution >= 0.6 is 0 Å². The molecule has 86 valence electrons. The zero-order chi connectivity index (χ0) is 12.6. The fraction of sp³-hybridized carbons (Fsp3) is 0.0909. The van der Waals surface area contributed by atoms with Crippen LogP contribution in [0.2, 0.25) is 0 Å². The number of para-hydroxylation sites is 1. The monoisotopic (exact) mass is 236 g/mol. The fourth-order valence-electron chi connectivity index (χ4n) is 1.73. The minimum Gasteiger partial charge on any atom is -0.422 e. The molecule has 3 nitrogen and oxygen atoms in total. The summed E-state index contributed by atoms with van der Waals surface area (Å²) >= 11 is 0. The Bertz CT molecular complexity index is 649. The molecule has 0 saturated heterocycles. The van der Waals surface area contributed by atoms with Gasteiger partial charge in [0, 0.05) is 10.8 Å². The molecule has 2 aromatic rings. The Labute approximate surface area is 95.2 Å². The van der Waals surface area contributed by atoms with Gasteiger partial charge in [-0.15, -0.1) is 0 Å². The molecular weight excluding hydrogens is 229 g/mol. The summed E-state index contributed by atoms with van der Waals surface area (Å²) in [5, 5.41) is 0.0901.